The summed E-state index contributed by atoms with van der Waals surface area (Å²) in [6.45, 7) is 2.18. The van der Waals surface area contributed by atoms with Gasteiger partial charge in [-0.15, -0.1) is 4.68 Å². The van der Waals surface area contributed by atoms with Crippen LogP contribution in [-0.2, 0) is 35.1 Å². The molecule has 8 heteroatoms. The third-order valence-electron chi connectivity index (χ3n) is 3.21. The molecule has 2 aromatic rings. The van der Waals surface area contributed by atoms with Crippen molar-refractivity contribution < 1.29 is 21.8 Å². The Labute approximate surface area is 139 Å². The van der Waals surface area contributed by atoms with Gasteiger partial charge in [-0.2, -0.15) is 4.68 Å². The van der Waals surface area contributed by atoms with Crippen LogP contribution in [0.4, 0.5) is 0 Å². The summed E-state index contributed by atoms with van der Waals surface area (Å²) in [6.07, 6.45) is 1.03. The Hall–Kier alpha value is -1.22. The average Bonchev–Trinajstić information content (AvgIpc) is 2.70. The summed E-state index contributed by atoms with van der Waals surface area (Å²) in [4.78, 5) is 0. The van der Waals surface area contributed by atoms with Crippen molar-refractivity contribution in [3.63, 3.8) is 0 Å². The van der Waals surface area contributed by atoms with E-state index in [1.807, 2.05) is 6.07 Å². The largest absolute Gasteiger partial charge is 0.726 e. The minimum Gasteiger partial charge on any atom is -0.726 e. The minimum atomic E-state index is -4.41. The van der Waals surface area contributed by atoms with E-state index in [0.717, 1.165) is 13.5 Å². The molecule has 0 unspecified atom stereocenters. The quantitative estimate of drug-likeness (QED) is 0.455. The third kappa shape index (κ3) is 4.64. The van der Waals surface area contributed by atoms with Gasteiger partial charge in [0.25, 0.3) is 5.69 Å². The summed E-state index contributed by atoms with van der Waals surface area (Å²) in [7, 11) is 0.579. The first-order chi connectivity index (χ1) is 10.2. The molecular formula is C14H19BrN2O4S. The average molecular weight is 391 g/mol. The maximum absolute atomic E-state index is 9.22. The van der Waals surface area contributed by atoms with Gasteiger partial charge in [0.05, 0.1) is 19.9 Å². The lowest BCUT2D eigenvalue weighted by molar-refractivity contribution is -0.742. The lowest BCUT2D eigenvalue weighted by atomic mass is 10.1. The lowest BCUT2D eigenvalue weighted by Gasteiger charge is -1.98. The van der Waals surface area contributed by atoms with Gasteiger partial charge in [0.2, 0.25) is 10.4 Å². The SMILES string of the molecule is CCc1c(Br)c(-c2ccccc2)[n+](C)n1C.COS(=O)(=O)[O-]. The predicted molar refractivity (Wildman–Crippen MR) is 85.8 cm³/mol. The van der Waals surface area contributed by atoms with Crippen LogP contribution in [0.5, 0.6) is 0 Å². The zero-order chi connectivity index (χ0) is 16.9. The Morgan fingerprint density at radius 2 is 1.82 bits per heavy atom. The molecule has 0 aliphatic rings. The molecule has 0 radical (unpaired) electrons. The van der Waals surface area contributed by atoms with Crippen molar-refractivity contribution >= 4 is 26.3 Å². The van der Waals surface area contributed by atoms with Gasteiger partial charge in [-0.05, 0) is 34.5 Å². The molecule has 0 saturated carbocycles. The summed E-state index contributed by atoms with van der Waals surface area (Å²) in [5.74, 6) is 0. The van der Waals surface area contributed by atoms with Crippen LogP contribution < -0.4 is 4.68 Å². The summed E-state index contributed by atoms with van der Waals surface area (Å²) in [5.41, 5.74) is 3.80. The van der Waals surface area contributed by atoms with Crippen LogP contribution in [0.25, 0.3) is 11.3 Å². The van der Waals surface area contributed by atoms with Crippen molar-refractivity contribution in [2.45, 2.75) is 13.3 Å². The van der Waals surface area contributed by atoms with E-state index in [1.165, 1.54) is 21.4 Å². The van der Waals surface area contributed by atoms with Crippen LogP contribution >= 0.6 is 15.9 Å². The number of nitrogens with zero attached hydrogens (tertiary/aromatic N) is 2. The molecule has 0 fully saturated rings. The van der Waals surface area contributed by atoms with E-state index in [4.69, 9.17) is 0 Å². The number of aromatic nitrogens is 2. The van der Waals surface area contributed by atoms with Crippen molar-refractivity contribution in [3.05, 3.63) is 40.5 Å². The Kier molecular flexibility index (Phi) is 6.73. The zero-order valence-corrected chi connectivity index (χ0v) is 15.3. The van der Waals surface area contributed by atoms with Crippen molar-refractivity contribution in [2.24, 2.45) is 14.1 Å². The van der Waals surface area contributed by atoms with Gasteiger partial charge in [-0.25, -0.2) is 8.42 Å². The standard InChI is InChI=1S/C13H16BrN2.CH4O4S/c1-4-11-12(14)13(16(3)15(11)2)10-8-6-5-7-9-10;1-5-6(2,3)4/h5-9H,4H2,1-3H3;1H3,(H,2,3,4)/q+1;/p-1. The van der Waals surface area contributed by atoms with Crippen molar-refractivity contribution in [3.8, 4) is 11.3 Å². The monoisotopic (exact) mass is 390 g/mol. The summed E-state index contributed by atoms with van der Waals surface area (Å²) >= 11 is 3.71. The molecule has 0 N–H and O–H groups in total. The first-order valence-corrected chi connectivity index (χ1v) is 8.65. The lowest BCUT2D eigenvalue weighted by Crippen LogP contribution is -2.39. The highest BCUT2D eigenvalue weighted by molar-refractivity contribution is 9.10. The van der Waals surface area contributed by atoms with Gasteiger partial charge in [0.1, 0.15) is 4.47 Å². The van der Waals surface area contributed by atoms with Gasteiger partial charge >= 0.3 is 0 Å². The first-order valence-electron chi connectivity index (χ1n) is 6.53. The van der Waals surface area contributed by atoms with Gasteiger partial charge in [-0.3, -0.25) is 4.18 Å². The smallest absolute Gasteiger partial charge is 0.252 e. The second-order valence-corrected chi connectivity index (χ2v) is 6.39. The maximum atomic E-state index is 9.22. The molecule has 2 rings (SSSR count). The van der Waals surface area contributed by atoms with E-state index in [2.05, 4.69) is 74.8 Å². The Bertz CT molecular complexity index is 727. The van der Waals surface area contributed by atoms with Crippen LogP contribution in [0.15, 0.2) is 34.8 Å². The first kappa shape index (κ1) is 18.8. The second-order valence-electron chi connectivity index (χ2n) is 4.45. The fraction of sp³-hybridized carbons (Fsp3) is 0.357. The normalized spacial score (nSPS) is 11.0. The van der Waals surface area contributed by atoms with Crippen molar-refractivity contribution in [2.75, 3.05) is 7.11 Å². The third-order valence-corrected chi connectivity index (χ3v) is 4.45. The number of rotatable bonds is 3. The van der Waals surface area contributed by atoms with Crippen LogP contribution in [0.1, 0.15) is 12.6 Å². The summed E-state index contributed by atoms with van der Waals surface area (Å²) < 4.78 is 36.6. The highest BCUT2D eigenvalue weighted by Gasteiger charge is 2.24. The summed E-state index contributed by atoms with van der Waals surface area (Å²) in [5, 5.41) is 0. The van der Waals surface area contributed by atoms with Crippen LogP contribution in [0.2, 0.25) is 0 Å². The number of halogens is 1. The van der Waals surface area contributed by atoms with Crippen LogP contribution in [0.3, 0.4) is 0 Å². The molecule has 0 spiro atoms. The van der Waals surface area contributed by atoms with Crippen LogP contribution in [-0.4, -0.2) is 24.8 Å². The van der Waals surface area contributed by atoms with E-state index in [9.17, 15) is 13.0 Å². The fourth-order valence-electron chi connectivity index (χ4n) is 2.05. The number of hydrogen-bond acceptors (Lipinski definition) is 4. The predicted octanol–water partition coefficient (Wildman–Crippen LogP) is 1.93. The van der Waals surface area contributed by atoms with E-state index < -0.39 is 10.4 Å². The van der Waals surface area contributed by atoms with Gasteiger partial charge in [0, 0.05) is 5.56 Å². The van der Waals surface area contributed by atoms with Gasteiger partial charge in [0.15, 0.2) is 7.05 Å². The van der Waals surface area contributed by atoms with Crippen LogP contribution in [0, 0.1) is 0 Å². The molecule has 1 heterocycles. The van der Waals surface area contributed by atoms with Gasteiger partial charge in [-0.1, -0.05) is 25.1 Å². The minimum absolute atomic E-state index is 0.808. The number of benzene rings is 1. The molecule has 0 aliphatic carbocycles. The maximum Gasteiger partial charge on any atom is 0.252 e. The molecule has 0 amide bonds. The molecule has 1 aromatic carbocycles. The van der Waals surface area contributed by atoms with Crippen molar-refractivity contribution in [1.29, 1.82) is 0 Å². The Morgan fingerprint density at radius 3 is 2.18 bits per heavy atom. The molecule has 122 valence electrons. The summed E-state index contributed by atoms with van der Waals surface area (Å²) in [6, 6.07) is 10.5. The van der Waals surface area contributed by atoms with E-state index in [0.29, 0.717) is 0 Å². The molecule has 0 atom stereocenters. The molecule has 22 heavy (non-hydrogen) atoms. The topological polar surface area (TPSA) is 75.2 Å². The molecule has 1 aromatic heterocycles. The van der Waals surface area contributed by atoms with E-state index in [-0.39, 0.29) is 0 Å². The number of hydrogen-bond donors (Lipinski definition) is 0. The molecular weight excluding hydrogens is 372 g/mol. The molecule has 0 saturated heterocycles. The van der Waals surface area contributed by atoms with Crippen molar-refractivity contribution in [1.82, 2.24) is 4.68 Å². The fourth-order valence-corrected chi connectivity index (χ4v) is 3.07. The molecule has 6 nitrogen and oxygen atoms in total. The second kappa shape index (κ2) is 7.87. The molecule has 0 bridgehead atoms. The van der Waals surface area contributed by atoms with E-state index in [1.54, 1.807) is 0 Å². The van der Waals surface area contributed by atoms with Gasteiger partial charge < -0.3 is 4.55 Å². The Morgan fingerprint density at radius 1 is 1.32 bits per heavy atom. The highest BCUT2D eigenvalue weighted by atomic mass is 79.9. The molecule has 0 aliphatic heterocycles. The Balaban J connectivity index is 0.000000346. The highest BCUT2D eigenvalue weighted by Crippen LogP contribution is 2.28. The zero-order valence-electron chi connectivity index (χ0n) is 12.9. The van der Waals surface area contributed by atoms with E-state index >= 15 is 0 Å².